The van der Waals surface area contributed by atoms with E-state index in [0.717, 1.165) is 0 Å². The minimum Gasteiger partial charge on any atom is -0.134 e. The average Bonchev–Trinajstić information content (AvgIpc) is 3.70. The summed E-state index contributed by atoms with van der Waals surface area (Å²) in [5, 5.41) is 7.78. The standard InChI is InChI=1S/C39H26S2/c1-25-9-8-12-29(23-25)38-30-13-4-6-15-32(30)39(33-16-7-5-14-31(33)38)37-22-21-36(41-37)35-20-19-34(40-35)28-18-17-26-10-2-3-11-27(26)24-28/h2-24H,1H3. The SMILES string of the molecule is Cc1cccc(-c2c3ccccc3c(-c3ccc(-c4ccc(-c5ccc6ccccc6c5)s4)s3)c3ccccc23)c1. The summed E-state index contributed by atoms with van der Waals surface area (Å²) in [6.07, 6.45) is 0. The molecule has 0 bridgehead atoms. The molecule has 2 aromatic heterocycles. The maximum Gasteiger partial charge on any atom is 0.0449 e. The summed E-state index contributed by atoms with van der Waals surface area (Å²) < 4.78 is 0. The second-order valence-corrected chi connectivity index (χ2v) is 12.8. The Morgan fingerprint density at radius 1 is 0.366 bits per heavy atom. The first kappa shape index (κ1) is 24.3. The lowest BCUT2D eigenvalue weighted by atomic mass is 9.87. The van der Waals surface area contributed by atoms with E-state index >= 15 is 0 Å². The van der Waals surface area contributed by atoms with Crippen LogP contribution in [0.4, 0.5) is 0 Å². The summed E-state index contributed by atoms with van der Waals surface area (Å²) >= 11 is 3.77. The molecule has 0 nitrogen and oxygen atoms in total. The molecule has 0 N–H and O–H groups in total. The Hall–Kier alpha value is -4.50. The van der Waals surface area contributed by atoms with Gasteiger partial charge in [-0.1, -0.05) is 115 Å². The van der Waals surface area contributed by atoms with Gasteiger partial charge in [-0.2, -0.15) is 0 Å². The molecular formula is C39H26S2. The van der Waals surface area contributed by atoms with Gasteiger partial charge in [0.1, 0.15) is 0 Å². The highest BCUT2D eigenvalue weighted by molar-refractivity contribution is 7.25. The highest BCUT2D eigenvalue weighted by atomic mass is 32.1. The van der Waals surface area contributed by atoms with Gasteiger partial charge in [0.25, 0.3) is 0 Å². The number of hydrogen-bond donors (Lipinski definition) is 0. The minimum absolute atomic E-state index is 1.27. The van der Waals surface area contributed by atoms with Crippen molar-refractivity contribution in [2.75, 3.05) is 0 Å². The smallest absolute Gasteiger partial charge is 0.0449 e. The molecule has 0 atom stereocenters. The number of fused-ring (bicyclic) bond motifs is 3. The normalized spacial score (nSPS) is 11.5. The molecular weight excluding hydrogens is 533 g/mol. The predicted molar refractivity (Wildman–Crippen MR) is 181 cm³/mol. The van der Waals surface area contributed by atoms with Crippen molar-refractivity contribution in [2.45, 2.75) is 6.92 Å². The van der Waals surface area contributed by atoms with E-state index in [1.807, 2.05) is 22.7 Å². The third-order valence-electron chi connectivity index (χ3n) is 7.97. The molecule has 194 valence electrons. The van der Waals surface area contributed by atoms with Crippen LogP contribution in [0.3, 0.4) is 0 Å². The highest BCUT2D eigenvalue weighted by Gasteiger charge is 2.18. The second kappa shape index (κ2) is 9.85. The fourth-order valence-electron chi connectivity index (χ4n) is 6.08. The van der Waals surface area contributed by atoms with Gasteiger partial charge in [-0.3, -0.25) is 0 Å². The maximum atomic E-state index is 2.32. The van der Waals surface area contributed by atoms with E-state index in [-0.39, 0.29) is 0 Å². The predicted octanol–water partition coefficient (Wildman–Crippen LogP) is 12.2. The van der Waals surface area contributed by atoms with Crippen molar-refractivity contribution >= 4 is 55.0 Å². The molecule has 2 heterocycles. The van der Waals surface area contributed by atoms with E-state index in [4.69, 9.17) is 0 Å². The molecule has 0 radical (unpaired) electrons. The number of thiophene rings is 2. The van der Waals surface area contributed by atoms with Gasteiger partial charge >= 0.3 is 0 Å². The molecule has 0 aliphatic heterocycles. The van der Waals surface area contributed by atoms with Gasteiger partial charge in [-0.15, -0.1) is 22.7 Å². The van der Waals surface area contributed by atoms with Crippen LogP contribution in [0.5, 0.6) is 0 Å². The number of benzene rings is 6. The van der Waals surface area contributed by atoms with Crippen LogP contribution in [0.25, 0.3) is 74.1 Å². The van der Waals surface area contributed by atoms with Crippen LogP contribution in [0.1, 0.15) is 5.56 Å². The second-order valence-electron chi connectivity index (χ2n) is 10.6. The Balaban J connectivity index is 1.27. The number of hydrogen-bond acceptors (Lipinski definition) is 2. The van der Waals surface area contributed by atoms with Gasteiger partial charge in [-0.05, 0) is 86.3 Å². The van der Waals surface area contributed by atoms with Gasteiger partial charge in [0.15, 0.2) is 0 Å². The van der Waals surface area contributed by atoms with Crippen molar-refractivity contribution < 1.29 is 0 Å². The van der Waals surface area contributed by atoms with Gasteiger partial charge in [-0.25, -0.2) is 0 Å². The number of aryl methyl sites for hydroxylation is 1. The first-order valence-corrected chi connectivity index (χ1v) is 15.6. The molecule has 0 aliphatic carbocycles. The largest absolute Gasteiger partial charge is 0.134 e. The lowest BCUT2D eigenvalue weighted by Crippen LogP contribution is -1.89. The fraction of sp³-hybridized carbons (Fsp3) is 0.0256. The third-order valence-corrected chi connectivity index (χ3v) is 10.4. The molecule has 0 aliphatic rings. The lowest BCUT2D eigenvalue weighted by molar-refractivity contribution is 1.47. The van der Waals surface area contributed by atoms with E-state index in [9.17, 15) is 0 Å². The summed E-state index contributed by atoms with van der Waals surface area (Å²) in [6, 6.07) is 51.2. The summed E-state index contributed by atoms with van der Waals surface area (Å²) in [5.41, 5.74) is 6.48. The molecule has 41 heavy (non-hydrogen) atoms. The Morgan fingerprint density at radius 3 is 1.61 bits per heavy atom. The van der Waals surface area contributed by atoms with E-state index in [2.05, 4.69) is 146 Å². The Morgan fingerprint density at radius 2 is 0.927 bits per heavy atom. The zero-order chi connectivity index (χ0) is 27.3. The number of rotatable bonds is 4. The Labute approximate surface area is 247 Å². The van der Waals surface area contributed by atoms with Gasteiger partial charge < -0.3 is 0 Å². The van der Waals surface area contributed by atoms with Gasteiger partial charge in [0.2, 0.25) is 0 Å². The molecule has 0 saturated carbocycles. The molecule has 0 fully saturated rings. The van der Waals surface area contributed by atoms with Gasteiger partial charge in [0.05, 0.1) is 0 Å². The third kappa shape index (κ3) is 4.19. The van der Waals surface area contributed by atoms with Crippen molar-refractivity contribution in [2.24, 2.45) is 0 Å². The molecule has 6 aromatic carbocycles. The quantitative estimate of drug-likeness (QED) is 0.188. The maximum absolute atomic E-state index is 2.32. The molecule has 2 heteroatoms. The summed E-state index contributed by atoms with van der Waals surface area (Å²) in [7, 11) is 0. The van der Waals surface area contributed by atoms with E-state index in [1.54, 1.807) is 0 Å². The zero-order valence-electron chi connectivity index (χ0n) is 22.6. The first-order chi connectivity index (χ1) is 20.2. The Kier molecular flexibility index (Phi) is 5.84. The van der Waals surface area contributed by atoms with Gasteiger partial charge in [0, 0.05) is 25.1 Å². The summed E-state index contributed by atoms with van der Waals surface area (Å²) in [5.74, 6) is 0. The molecule has 8 aromatic rings. The van der Waals surface area contributed by atoms with Crippen LogP contribution in [-0.4, -0.2) is 0 Å². The van der Waals surface area contributed by atoms with E-state index in [0.29, 0.717) is 0 Å². The lowest BCUT2D eigenvalue weighted by Gasteiger charge is -2.17. The molecule has 0 spiro atoms. The fourth-order valence-corrected chi connectivity index (χ4v) is 8.25. The van der Waals surface area contributed by atoms with Crippen LogP contribution < -0.4 is 0 Å². The van der Waals surface area contributed by atoms with Crippen LogP contribution >= 0.6 is 22.7 Å². The first-order valence-electron chi connectivity index (χ1n) is 13.9. The molecule has 0 saturated heterocycles. The summed E-state index contributed by atoms with van der Waals surface area (Å²) in [4.78, 5) is 5.24. The van der Waals surface area contributed by atoms with Crippen molar-refractivity contribution in [3.8, 4) is 41.8 Å². The average molecular weight is 559 g/mol. The molecule has 8 rings (SSSR count). The van der Waals surface area contributed by atoms with E-state index in [1.165, 1.54) is 79.6 Å². The topological polar surface area (TPSA) is 0 Å². The minimum atomic E-state index is 1.27. The van der Waals surface area contributed by atoms with Crippen molar-refractivity contribution in [3.63, 3.8) is 0 Å². The van der Waals surface area contributed by atoms with Crippen LogP contribution in [0.2, 0.25) is 0 Å². The van der Waals surface area contributed by atoms with Crippen LogP contribution in [0.15, 0.2) is 140 Å². The molecule has 0 unspecified atom stereocenters. The van der Waals surface area contributed by atoms with Crippen LogP contribution in [-0.2, 0) is 0 Å². The van der Waals surface area contributed by atoms with Crippen molar-refractivity contribution in [1.29, 1.82) is 0 Å². The highest BCUT2D eigenvalue weighted by Crippen LogP contribution is 2.47. The monoisotopic (exact) mass is 558 g/mol. The van der Waals surface area contributed by atoms with Crippen molar-refractivity contribution in [3.05, 3.63) is 145 Å². The zero-order valence-corrected chi connectivity index (χ0v) is 24.2. The molecule has 0 amide bonds. The summed E-state index contributed by atoms with van der Waals surface area (Å²) in [6.45, 7) is 2.17. The Bertz CT molecular complexity index is 2170. The van der Waals surface area contributed by atoms with Crippen LogP contribution in [0, 0.1) is 6.92 Å². The van der Waals surface area contributed by atoms with E-state index < -0.39 is 0 Å². The van der Waals surface area contributed by atoms with Crippen molar-refractivity contribution in [1.82, 2.24) is 0 Å².